The number of carboxylic acids is 1. The molecule has 40 heavy (non-hydrogen) atoms. The standard InChI is InChI=1S/C30H28ClN3O5S/c31-19-7-9-21(10-8-19)40-22-11-12-26-24(15-22)28(35)34(30(38)33(26)17-20-4-3-13-39-20)27(29(36)37)14-18-16-32-25-6-2-1-5-23(18)25/h2-4,6-11,13,15-16,26-27,30,32,38H,1,5,12,14,17H2,(H,36,37)/t26?,27-,30?/m0/s1. The number of nitrogens with zero attached hydrogens (tertiary/aromatic N) is 2. The van der Waals surface area contributed by atoms with Gasteiger partial charge in [-0.2, -0.15) is 0 Å². The zero-order chi connectivity index (χ0) is 27.8. The van der Waals surface area contributed by atoms with Crippen LogP contribution < -0.4 is 0 Å². The molecular weight excluding hydrogens is 550 g/mol. The molecule has 206 valence electrons. The van der Waals surface area contributed by atoms with Crippen LogP contribution in [-0.2, 0) is 29.0 Å². The van der Waals surface area contributed by atoms with Crippen molar-refractivity contribution >= 4 is 41.3 Å². The van der Waals surface area contributed by atoms with Crippen molar-refractivity contribution in [3.63, 3.8) is 0 Å². The minimum absolute atomic E-state index is 0.0760. The number of halogens is 1. The molecule has 3 aromatic rings. The molecule has 0 bridgehead atoms. The molecule has 0 saturated carbocycles. The fraction of sp³-hybridized carbons (Fsp3) is 0.267. The van der Waals surface area contributed by atoms with E-state index in [-0.39, 0.29) is 13.0 Å². The molecule has 8 nitrogen and oxygen atoms in total. The van der Waals surface area contributed by atoms with Gasteiger partial charge in [0.2, 0.25) is 0 Å². The number of thioether (sulfide) groups is 1. The molecule has 1 aliphatic heterocycles. The van der Waals surface area contributed by atoms with Gasteiger partial charge in [0.05, 0.1) is 12.8 Å². The highest BCUT2D eigenvalue weighted by Gasteiger charge is 2.48. The van der Waals surface area contributed by atoms with Crippen molar-refractivity contribution in [1.82, 2.24) is 14.8 Å². The molecule has 6 rings (SSSR count). The van der Waals surface area contributed by atoms with E-state index < -0.39 is 30.3 Å². The van der Waals surface area contributed by atoms with E-state index in [1.54, 1.807) is 23.3 Å². The number of benzene rings is 1. The molecule has 1 saturated heterocycles. The number of fused-ring (bicyclic) bond motifs is 2. The number of nitrogens with one attached hydrogen (secondary N) is 1. The molecule has 2 unspecified atom stereocenters. The molecule has 1 amide bonds. The first-order chi connectivity index (χ1) is 19.4. The van der Waals surface area contributed by atoms with E-state index in [4.69, 9.17) is 16.0 Å². The largest absolute Gasteiger partial charge is 0.480 e. The minimum atomic E-state index is -1.45. The van der Waals surface area contributed by atoms with Gasteiger partial charge in [-0.05, 0) is 78.9 Å². The van der Waals surface area contributed by atoms with E-state index in [0.29, 0.717) is 22.8 Å². The lowest BCUT2D eigenvalue weighted by Gasteiger charge is -2.48. The van der Waals surface area contributed by atoms with Gasteiger partial charge in [-0.25, -0.2) is 9.69 Å². The Kier molecular flexibility index (Phi) is 7.46. The highest BCUT2D eigenvalue weighted by atomic mass is 35.5. The fourth-order valence-corrected chi connectivity index (χ4v) is 6.66. The van der Waals surface area contributed by atoms with Crippen LogP contribution in [-0.4, -0.2) is 55.3 Å². The molecule has 3 atom stereocenters. The molecule has 1 aromatic carbocycles. The van der Waals surface area contributed by atoms with Crippen molar-refractivity contribution < 1.29 is 24.2 Å². The summed E-state index contributed by atoms with van der Waals surface area (Å²) in [6, 6.07) is 9.30. The Bertz CT molecular complexity index is 1510. The summed E-state index contributed by atoms with van der Waals surface area (Å²) in [6.07, 6.45) is 12.0. The molecule has 3 N–H and O–H groups in total. The molecule has 2 aromatic heterocycles. The van der Waals surface area contributed by atoms with Crippen molar-refractivity contribution in [1.29, 1.82) is 0 Å². The monoisotopic (exact) mass is 577 g/mol. The number of allylic oxidation sites excluding steroid dienone is 2. The Labute approximate surface area is 240 Å². The number of carbonyl (C=O) groups excluding carboxylic acids is 1. The number of aliphatic hydroxyl groups is 1. The summed E-state index contributed by atoms with van der Waals surface area (Å²) in [5.41, 5.74) is 3.29. The molecule has 1 fully saturated rings. The Hall–Kier alpha value is -3.50. The van der Waals surface area contributed by atoms with Crippen molar-refractivity contribution in [2.24, 2.45) is 0 Å². The SMILES string of the molecule is O=C(O)[C@H](Cc1c[nH]c2c1CCC=C2)N1C(=O)C2=CC(Sc3ccc(Cl)cc3)=CCC2N(Cc2ccco2)C1O. The average Bonchev–Trinajstić information content (AvgIpc) is 3.62. The van der Waals surface area contributed by atoms with Gasteiger partial charge in [-0.1, -0.05) is 35.5 Å². The van der Waals surface area contributed by atoms with E-state index >= 15 is 0 Å². The van der Waals surface area contributed by atoms with Gasteiger partial charge in [0.1, 0.15) is 11.8 Å². The van der Waals surface area contributed by atoms with Crippen molar-refractivity contribution in [3.8, 4) is 0 Å². The average molecular weight is 578 g/mol. The summed E-state index contributed by atoms with van der Waals surface area (Å²) in [5.74, 6) is -1.05. The number of aromatic amines is 1. The summed E-state index contributed by atoms with van der Waals surface area (Å²) in [6.45, 7) is 0.212. The maximum absolute atomic E-state index is 14.0. The molecule has 0 spiro atoms. The predicted molar refractivity (Wildman–Crippen MR) is 152 cm³/mol. The topological polar surface area (TPSA) is 110 Å². The van der Waals surface area contributed by atoms with Gasteiger partial charge in [0.15, 0.2) is 6.35 Å². The number of carboxylic acid groups (broad SMARTS) is 1. The van der Waals surface area contributed by atoms with Crippen LogP contribution in [0.5, 0.6) is 0 Å². The van der Waals surface area contributed by atoms with Crippen LogP contribution in [0, 0.1) is 0 Å². The normalized spacial score (nSPS) is 21.4. The quantitative estimate of drug-likeness (QED) is 0.337. The summed E-state index contributed by atoms with van der Waals surface area (Å²) < 4.78 is 5.56. The lowest BCUT2D eigenvalue weighted by molar-refractivity contribution is -0.189. The van der Waals surface area contributed by atoms with Gasteiger partial charge in [0.25, 0.3) is 5.91 Å². The van der Waals surface area contributed by atoms with Gasteiger partial charge >= 0.3 is 5.97 Å². The first kappa shape index (κ1) is 26.7. The second kappa shape index (κ2) is 11.2. The predicted octanol–water partition coefficient (Wildman–Crippen LogP) is 5.21. The number of hydrogen-bond donors (Lipinski definition) is 3. The lowest BCUT2D eigenvalue weighted by atomic mass is 9.91. The highest BCUT2D eigenvalue weighted by molar-refractivity contribution is 8.03. The zero-order valence-electron chi connectivity index (χ0n) is 21.5. The third kappa shape index (κ3) is 5.17. The number of hydrogen-bond acceptors (Lipinski definition) is 6. The van der Waals surface area contributed by atoms with Crippen LogP contribution in [0.3, 0.4) is 0 Å². The Morgan fingerprint density at radius 3 is 2.83 bits per heavy atom. The molecule has 10 heteroatoms. The molecule has 3 aliphatic rings. The number of furan rings is 1. The van der Waals surface area contributed by atoms with Crippen molar-refractivity contribution in [3.05, 3.63) is 105 Å². The third-order valence-electron chi connectivity index (χ3n) is 7.59. The Morgan fingerprint density at radius 1 is 1.25 bits per heavy atom. The van der Waals surface area contributed by atoms with E-state index in [2.05, 4.69) is 11.1 Å². The molecule has 3 heterocycles. The van der Waals surface area contributed by atoms with Crippen LogP contribution in [0.15, 0.2) is 86.9 Å². The number of carbonyl (C=O) groups is 2. The van der Waals surface area contributed by atoms with Crippen LogP contribution >= 0.6 is 23.4 Å². The number of aliphatic carboxylic acids is 1. The van der Waals surface area contributed by atoms with Crippen LogP contribution in [0.4, 0.5) is 0 Å². The number of amides is 1. The van der Waals surface area contributed by atoms with Gasteiger partial charge in [-0.15, -0.1) is 0 Å². The molecule has 0 radical (unpaired) electrons. The summed E-state index contributed by atoms with van der Waals surface area (Å²) in [4.78, 5) is 34.6. The number of aliphatic hydroxyl groups excluding tert-OH is 1. The van der Waals surface area contributed by atoms with E-state index in [1.165, 1.54) is 11.8 Å². The molecular formula is C30H28ClN3O5S. The first-order valence-corrected chi connectivity index (χ1v) is 14.3. The number of rotatable bonds is 8. The van der Waals surface area contributed by atoms with Gasteiger partial charge in [-0.3, -0.25) is 9.69 Å². The Balaban J connectivity index is 1.34. The van der Waals surface area contributed by atoms with Crippen LogP contribution in [0.1, 0.15) is 35.4 Å². The smallest absolute Gasteiger partial charge is 0.326 e. The van der Waals surface area contributed by atoms with Gasteiger partial charge < -0.3 is 19.6 Å². The fourth-order valence-electron chi connectivity index (χ4n) is 5.62. The Morgan fingerprint density at radius 2 is 2.08 bits per heavy atom. The van der Waals surface area contributed by atoms with Crippen LogP contribution in [0.2, 0.25) is 5.02 Å². The van der Waals surface area contributed by atoms with Crippen molar-refractivity contribution in [2.75, 3.05) is 0 Å². The third-order valence-corrected chi connectivity index (χ3v) is 8.87. The second-order valence-corrected chi connectivity index (χ2v) is 11.6. The van der Waals surface area contributed by atoms with E-state index in [9.17, 15) is 19.8 Å². The zero-order valence-corrected chi connectivity index (χ0v) is 23.1. The minimum Gasteiger partial charge on any atom is -0.480 e. The van der Waals surface area contributed by atoms with Crippen LogP contribution in [0.25, 0.3) is 6.08 Å². The summed E-state index contributed by atoms with van der Waals surface area (Å²) in [7, 11) is 0. The number of H-pyrrole nitrogens is 1. The first-order valence-electron chi connectivity index (χ1n) is 13.1. The van der Waals surface area contributed by atoms with E-state index in [1.807, 2.05) is 48.7 Å². The molecule has 2 aliphatic carbocycles. The summed E-state index contributed by atoms with van der Waals surface area (Å²) in [5, 5.41) is 22.6. The van der Waals surface area contributed by atoms with Gasteiger partial charge in [0, 0.05) is 44.7 Å². The number of aromatic nitrogens is 1. The maximum Gasteiger partial charge on any atom is 0.326 e. The lowest BCUT2D eigenvalue weighted by Crippen LogP contribution is -2.65. The summed E-state index contributed by atoms with van der Waals surface area (Å²) >= 11 is 7.54. The highest BCUT2D eigenvalue weighted by Crippen LogP contribution is 2.39. The van der Waals surface area contributed by atoms with Crippen molar-refractivity contribution in [2.45, 2.75) is 55.6 Å². The van der Waals surface area contributed by atoms with E-state index in [0.717, 1.165) is 44.4 Å². The maximum atomic E-state index is 14.0. The second-order valence-electron chi connectivity index (χ2n) is 10.0.